The third-order valence-corrected chi connectivity index (χ3v) is 11.6. The SMILES string of the molecule is CC(C)(C)[Si](OC[C@@H]1CC[C@@H](OCc2ccccc2)CO1)(c1ccccc1)c1ccccc1. The minimum absolute atomic E-state index is 0.0221. The first-order valence-electron chi connectivity index (χ1n) is 12.0. The maximum absolute atomic E-state index is 7.04. The Labute approximate surface area is 199 Å². The molecule has 33 heavy (non-hydrogen) atoms. The topological polar surface area (TPSA) is 27.7 Å². The van der Waals surface area contributed by atoms with E-state index in [2.05, 4.69) is 93.6 Å². The van der Waals surface area contributed by atoms with Crippen LogP contribution in [-0.2, 0) is 20.5 Å². The summed E-state index contributed by atoms with van der Waals surface area (Å²) in [5.41, 5.74) is 1.20. The van der Waals surface area contributed by atoms with Crippen LogP contribution in [0.3, 0.4) is 0 Å². The molecule has 0 N–H and O–H groups in total. The van der Waals surface area contributed by atoms with E-state index in [1.807, 2.05) is 18.2 Å². The van der Waals surface area contributed by atoms with E-state index in [4.69, 9.17) is 13.9 Å². The highest BCUT2D eigenvalue weighted by Crippen LogP contribution is 2.37. The molecule has 0 unspecified atom stereocenters. The second kappa shape index (κ2) is 10.8. The molecule has 0 aliphatic carbocycles. The Kier molecular flexibility index (Phi) is 7.81. The predicted octanol–water partition coefficient (Wildman–Crippen LogP) is 5.33. The highest BCUT2D eigenvalue weighted by atomic mass is 28.4. The van der Waals surface area contributed by atoms with Gasteiger partial charge in [0, 0.05) is 0 Å². The van der Waals surface area contributed by atoms with Gasteiger partial charge in [-0.1, -0.05) is 112 Å². The van der Waals surface area contributed by atoms with E-state index in [1.54, 1.807) is 0 Å². The Morgan fingerprint density at radius 2 is 1.33 bits per heavy atom. The van der Waals surface area contributed by atoms with Crippen molar-refractivity contribution in [1.29, 1.82) is 0 Å². The van der Waals surface area contributed by atoms with Gasteiger partial charge in [-0.15, -0.1) is 0 Å². The number of hydrogen-bond acceptors (Lipinski definition) is 3. The van der Waals surface area contributed by atoms with Gasteiger partial charge in [0.1, 0.15) is 0 Å². The predicted molar refractivity (Wildman–Crippen MR) is 138 cm³/mol. The summed E-state index contributed by atoms with van der Waals surface area (Å²) in [7, 11) is -2.52. The monoisotopic (exact) mass is 460 g/mol. The molecule has 2 atom stereocenters. The average molecular weight is 461 g/mol. The third-order valence-electron chi connectivity index (χ3n) is 6.56. The molecule has 0 radical (unpaired) electrons. The minimum Gasteiger partial charge on any atom is -0.405 e. The number of benzene rings is 3. The van der Waals surface area contributed by atoms with Crippen molar-refractivity contribution < 1.29 is 13.9 Å². The lowest BCUT2D eigenvalue weighted by molar-refractivity contribution is -0.101. The molecule has 3 aromatic carbocycles. The van der Waals surface area contributed by atoms with E-state index in [-0.39, 0.29) is 17.2 Å². The van der Waals surface area contributed by atoms with Crippen LogP contribution in [-0.4, -0.2) is 33.7 Å². The largest absolute Gasteiger partial charge is 0.405 e. The molecule has 3 nitrogen and oxygen atoms in total. The Morgan fingerprint density at radius 3 is 1.82 bits per heavy atom. The van der Waals surface area contributed by atoms with Gasteiger partial charge in [0.15, 0.2) is 0 Å². The fourth-order valence-electron chi connectivity index (χ4n) is 4.81. The molecule has 1 aliphatic rings. The van der Waals surface area contributed by atoms with E-state index in [0.717, 1.165) is 12.8 Å². The molecule has 0 bridgehead atoms. The summed E-state index contributed by atoms with van der Waals surface area (Å²) < 4.78 is 19.4. The average Bonchev–Trinajstić information content (AvgIpc) is 2.85. The zero-order chi connectivity index (χ0) is 23.2. The molecule has 174 valence electrons. The van der Waals surface area contributed by atoms with Crippen molar-refractivity contribution in [3.05, 3.63) is 96.6 Å². The third kappa shape index (κ3) is 5.64. The number of ether oxygens (including phenoxy) is 2. The molecule has 3 aromatic rings. The van der Waals surface area contributed by atoms with Crippen molar-refractivity contribution >= 4 is 18.7 Å². The molecule has 1 aliphatic heterocycles. The number of hydrogen-bond donors (Lipinski definition) is 0. The first kappa shape index (κ1) is 23.9. The lowest BCUT2D eigenvalue weighted by atomic mass is 10.1. The van der Waals surface area contributed by atoms with E-state index >= 15 is 0 Å². The molecule has 0 saturated carbocycles. The summed E-state index contributed by atoms with van der Waals surface area (Å²) >= 11 is 0. The summed E-state index contributed by atoms with van der Waals surface area (Å²) in [5.74, 6) is 0. The van der Waals surface area contributed by atoms with Crippen LogP contribution in [0.1, 0.15) is 39.2 Å². The van der Waals surface area contributed by atoms with Crippen molar-refractivity contribution in [2.24, 2.45) is 0 Å². The maximum atomic E-state index is 7.04. The van der Waals surface area contributed by atoms with Crippen molar-refractivity contribution in [3.8, 4) is 0 Å². The molecule has 4 heteroatoms. The quantitative estimate of drug-likeness (QED) is 0.426. The zero-order valence-corrected chi connectivity index (χ0v) is 21.1. The fourth-order valence-corrected chi connectivity index (χ4v) is 9.40. The van der Waals surface area contributed by atoms with E-state index < -0.39 is 8.32 Å². The van der Waals surface area contributed by atoms with Crippen LogP contribution >= 0.6 is 0 Å². The first-order chi connectivity index (χ1) is 16.0. The smallest absolute Gasteiger partial charge is 0.261 e. The Balaban J connectivity index is 1.44. The highest BCUT2D eigenvalue weighted by Gasteiger charge is 2.50. The van der Waals surface area contributed by atoms with Crippen molar-refractivity contribution in [1.82, 2.24) is 0 Å². The van der Waals surface area contributed by atoms with Gasteiger partial charge in [0.2, 0.25) is 0 Å². The van der Waals surface area contributed by atoms with Crippen molar-refractivity contribution in [3.63, 3.8) is 0 Å². The summed E-state index contributed by atoms with van der Waals surface area (Å²) in [6, 6.07) is 31.9. The molecule has 0 amide bonds. The van der Waals surface area contributed by atoms with Crippen LogP contribution in [0, 0.1) is 0 Å². The molecule has 0 aromatic heterocycles. The Morgan fingerprint density at radius 1 is 0.788 bits per heavy atom. The molecule has 1 saturated heterocycles. The van der Waals surface area contributed by atoms with Gasteiger partial charge in [0.25, 0.3) is 8.32 Å². The molecule has 1 fully saturated rings. The van der Waals surface area contributed by atoms with Crippen LogP contribution in [0.5, 0.6) is 0 Å². The van der Waals surface area contributed by atoms with Gasteiger partial charge in [0.05, 0.1) is 32.0 Å². The number of rotatable bonds is 8. The summed E-state index contributed by atoms with van der Waals surface area (Å²) in [6.45, 7) is 8.82. The second-order valence-corrected chi connectivity index (χ2v) is 14.2. The fraction of sp³-hybridized carbons (Fsp3) is 0.379. The van der Waals surface area contributed by atoms with Crippen molar-refractivity contribution in [2.75, 3.05) is 13.2 Å². The lowest BCUT2D eigenvalue weighted by Gasteiger charge is -2.44. The molecular weight excluding hydrogens is 424 g/mol. The lowest BCUT2D eigenvalue weighted by Crippen LogP contribution is -2.67. The molecule has 1 heterocycles. The molecule has 4 rings (SSSR count). The van der Waals surface area contributed by atoms with Crippen LogP contribution in [0.4, 0.5) is 0 Å². The van der Waals surface area contributed by atoms with E-state index in [0.29, 0.717) is 19.8 Å². The van der Waals surface area contributed by atoms with Crippen LogP contribution < -0.4 is 10.4 Å². The van der Waals surface area contributed by atoms with Crippen molar-refractivity contribution in [2.45, 2.75) is 57.5 Å². The van der Waals surface area contributed by atoms with E-state index in [9.17, 15) is 0 Å². The normalized spacial score (nSPS) is 19.4. The van der Waals surface area contributed by atoms with Gasteiger partial charge >= 0.3 is 0 Å². The standard InChI is InChI=1S/C29H36O3Si/c1-29(2,3)33(27-15-9-5-10-16-27,28-17-11-6-12-18-28)32-23-26-20-19-25(22-31-26)30-21-24-13-7-4-8-14-24/h4-18,25-26H,19-23H2,1-3H3/t25-,26+/m1/s1. The first-order valence-corrected chi connectivity index (χ1v) is 13.9. The highest BCUT2D eigenvalue weighted by molar-refractivity contribution is 6.99. The Hall–Kier alpha value is -2.24. The Bertz CT molecular complexity index is 923. The van der Waals surface area contributed by atoms with Crippen LogP contribution in [0.15, 0.2) is 91.0 Å². The van der Waals surface area contributed by atoms with Gasteiger partial charge in [-0.25, -0.2) is 0 Å². The summed E-state index contributed by atoms with van der Waals surface area (Å²) in [6.07, 6.45) is 2.21. The summed E-state index contributed by atoms with van der Waals surface area (Å²) in [4.78, 5) is 0. The summed E-state index contributed by atoms with van der Waals surface area (Å²) in [5, 5.41) is 2.60. The van der Waals surface area contributed by atoms with Crippen LogP contribution in [0.2, 0.25) is 5.04 Å². The molecule has 0 spiro atoms. The maximum Gasteiger partial charge on any atom is 0.261 e. The van der Waals surface area contributed by atoms with Gasteiger partial charge in [-0.3, -0.25) is 0 Å². The molecular formula is C29H36O3Si. The van der Waals surface area contributed by atoms with E-state index in [1.165, 1.54) is 15.9 Å². The minimum atomic E-state index is -2.52. The zero-order valence-electron chi connectivity index (χ0n) is 20.1. The van der Waals surface area contributed by atoms with Gasteiger partial charge in [-0.05, 0) is 33.8 Å². The van der Waals surface area contributed by atoms with Crippen LogP contribution in [0.25, 0.3) is 0 Å². The van der Waals surface area contributed by atoms with Gasteiger partial charge in [-0.2, -0.15) is 0 Å². The van der Waals surface area contributed by atoms with Gasteiger partial charge < -0.3 is 13.9 Å². The second-order valence-electron chi connectivity index (χ2n) is 9.93.